The van der Waals surface area contributed by atoms with E-state index in [1.165, 1.54) is 6.07 Å². The number of hydrogen-bond acceptors (Lipinski definition) is 3. The summed E-state index contributed by atoms with van der Waals surface area (Å²) in [5.74, 6) is 0.0855. The van der Waals surface area contributed by atoms with Crippen LogP contribution in [0.5, 0.6) is 0 Å². The first-order chi connectivity index (χ1) is 8.02. The Morgan fingerprint density at radius 3 is 2.59 bits per heavy atom. The normalized spacial score (nSPS) is 11.8. The summed E-state index contributed by atoms with van der Waals surface area (Å²) in [6.45, 7) is 0. The minimum Gasteiger partial charge on any atom is -0.423 e. The van der Waals surface area contributed by atoms with Crippen molar-refractivity contribution in [2.45, 2.75) is 12.1 Å². The first-order valence-electron chi connectivity index (χ1n) is 4.55. The van der Waals surface area contributed by atoms with Crippen LogP contribution in [0.2, 0.25) is 0 Å². The number of halogens is 4. The molecule has 17 heavy (non-hydrogen) atoms. The van der Waals surface area contributed by atoms with Crippen LogP contribution in [-0.2, 0) is 12.1 Å². The molecule has 0 aliphatic carbocycles. The molecule has 3 nitrogen and oxygen atoms in total. The number of benzene rings is 1. The highest BCUT2D eigenvalue weighted by Crippen LogP contribution is 2.33. The number of aromatic nitrogens is 2. The lowest BCUT2D eigenvalue weighted by molar-refractivity contribution is -0.137. The van der Waals surface area contributed by atoms with E-state index in [0.717, 1.165) is 18.5 Å². The van der Waals surface area contributed by atoms with Crippen molar-refractivity contribution < 1.29 is 17.6 Å². The monoisotopic (exact) mass is 262 g/mol. The first-order valence-corrected chi connectivity index (χ1v) is 5.08. The van der Waals surface area contributed by atoms with Crippen LogP contribution in [0.4, 0.5) is 13.2 Å². The molecule has 0 saturated heterocycles. The second-order valence-corrected chi connectivity index (χ2v) is 3.51. The average Bonchev–Trinajstić information content (AvgIpc) is 2.80. The van der Waals surface area contributed by atoms with E-state index in [9.17, 15) is 13.2 Å². The van der Waals surface area contributed by atoms with Crippen molar-refractivity contribution in [2.24, 2.45) is 0 Å². The molecular formula is C10H6ClF3N2O. The Bertz CT molecular complexity index is 511. The van der Waals surface area contributed by atoms with Gasteiger partial charge in [-0.25, -0.2) is 0 Å². The van der Waals surface area contributed by atoms with Gasteiger partial charge in [0.05, 0.1) is 5.56 Å². The van der Waals surface area contributed by atoms with Gasteiger partial charge in [-0.3, -0.25) is 0 Å². The van der Waals surface area contributed by atoms with Crippen molar-refractivity contribution in [1.82, 2.24) is 10.2 Å². The largest absolute Gasteiger partial charge is 0.423 e. The number of alkyl halides is 4. The molecule has 0 fully saturated rings. The van der Waals surface area contributed by atoms with E-state index in [1.54, 1.807) is 0 Å². The van der Waals surface area contributed by atoms with Gasteiger partial charge in [-0.15, -0.1) is 21.8 Å². The van der Waals surface area contributed by atoms with Crippen molar-refractivity contribution in [3.05, 3.63) is 35.7 Å². The fourth-order valence-electron chi connectivity index (χ4n) is 1.36. The van der Waals surface area contributed by atoms with Crippen LogP contribution in [0, 0.1) is 0 Å². The lowest BCUT2D eigenvalue weighted by Crippen LogP contribution is -2.05. The van der Waals surface area contributed by atoms with Crippen molar-refractivity contribution >= 4 is 11.6 Å². The predicted octanol–water partition coefficient (Wildman–Crippen LogP) is 3.49. The van der Waals surface area contributed by atoms with Gasteiger partial charge >= 0.3 is 6.18 Å². The summed E-state index contributed by atoms with van der Waals surface area (Å²) in [6.07, 6.45) is -3.37. The number of rotatable bonds is 2. The molecule has 1 heterocycles. The number of hydrogen-bond donors (Lipinski definition) is 0. The maximum Gasteiger partial charge on any atom is 0.416 e. The molecular weight excluding hydrogens is 257 g/mol. The maximum absolute atomic E-state index is 12.5. The molecule has 2 aromatic rings. The highest BCUT2D eigenvalue weighted by molar-refractivity contribution is 6.17. The van der Waals surface area contributed by atoms with E-state index in [2.05, 4.69) is 10.2 Å². The highest BCUT2D eigenvalue weighted by Gasteiger charge is 2.31. The predicted molar refractivity (Wildman–Crippen MR) is 54.3 cm³/mol. The van der Waals surface area contributed by atoms with Gasteiger partial charge in [0, 0.05) is 11.4 Å². The van der Waals surface area contributed by atoms with Gasteiger partial charge in [-0.05, 0) is 17.7 Å². The smallest absolute Gasteiger partial charge is 0.416 e. The van der Waals surface area contributed by atoms with E-state index in [4.69, 9.17) is 16.0 Å². The molecule has 0 aliphatic rings. The highest BCUT2D eigenvalue weighted by atomic mass is 35.5. The molecule has 0 unspecified atom stereocenters. The quantitative estimate of drug-likeness (QED) is 0.778. The van der Waals surface area contributed by atoms with Crippen LogP contribution in [0.1, 0.15) is 11.1 Å². The zero-order chi connectivity index (χ0) is 12.5. The van der Waals surface area contributed by atoms with Gasteiger partial charge in [-0.2, -0.15) is 13.2 Å². The lowest BCUT2D eigenvalue weighted by Gasteiger charge is -2.09. The van der Waals surface area contributed by atoms with Crippen molar-refractivity contribution in [3.63, 3.8) is 0 Å². The van der Waals surface area contributed by atoms with Crippen LogP contribution >= 0.6 is 11.6 Å². The molecule has 0 N–H and O–H groups in total. The Labute approximate surface area is 99.2 Å². The minimum absolute atomic E-state index is 0.0201. The van der Waals surface area contributed by atoms with Gasteiger partial charge in [0.15, 0.2) is 0 Å². The fraction of sp³-hybridized carbons (Fsp3) is 0.200. The fourth-order valence-corrected chi connectivity index (χ4v) is 1.59. The Morgan fingerprint density at radius 2 is 2.06 bits per heavy atom. The molecule has 90 valence electrons. The summed E-state index contributed by atoms with van der Waals surface area (Å²) < 4.78 is 42.5. The van der Waals surface area contributed by atoms with E-state index in [1.807, 2.05) is 0 Å². The van der Waals surface area contributed by atoms with Crippen molar-refractivity contribution in [3.8, 4) is 11.5 Å². The van der Waals surface area contributed by atoms with E-state index in [0.29, 0.717) is 5.56 Å². The zero-order valence-electron chi connectivity index (χ0n) is 8.33. The Balaban J connectivity index is 2.55. The summed E-state index contributed by atoms with van der Waals surface area (Å²) in [7, 11) is 0. The van der Waals surface area contributed by atoms with Gasteiger partial charge in [0.2, 0.25) is 12.3 Å². The lowest BCUT2D eigenvalue weighted by atomic mass is 10.0. The molecule has 1 aromatic heterocycles. The van der Waals surface area contributed by atoms with Crippen LogP contribution in [0.15, 0.2) is 29.0 Å². The Hall–Kier alpha value is -1.56. The minimum atomic E-state index is -4.42. The van der Waals surface area contributed by atoms with E-state index in [-0.39, 0.29) is 17.3 Å². The summed E-state index contributed by atoms with van der Waals surface area (Å²) >= 11 is 5.64. The third-order valence-electron chi connectivity index (χ3n) is 2.17. The number of nitrogens with zero attached hydrogens (tertiary/aromatic N) is 2. The van der Waals surface area contributed by atoms with Crippen LogP contribution < -0.4 is 0 Å². The van der Waals surface area contributed by atoms with E-state index >= 15 is 0 Å². The topological polar surface area (TPSA) is 38.9 Å². The molecule has 0 atom stereocenters. The molecule has 0 aliphatic heterocycles. The average molecular weight is 263 g/mol. The molecule has 1 aromatic carbocycles. The molecule has 0 bridgehead atoms. The van der Waals surface area contributed by atoms with Crippen LogP contribution in [0.25, 0.3) is 11.5 Å². The Morgan fingerprint density at radius 1 is 1.29 bits per heavy atom. The standard InChI is InChI=1S/C10H6ClF3N2O/c11-4-6-1-2-7(10(12,13)14)3-8(6)9-16-15-5-17-9/h1-3,5H,4H2. The summed E-state index contributed by atoms with van der Waals surface area (Å²) in [5, 5.41) is 7.00. The van der Waals surface area contributed by atoms with Gasteiger partial charge in [0.25, 0.3) is 0 Å². The molecule has 0 radical (unpaired) electrons. The SMILES string of the molecule is FC(F)(F)c1ccc(CCl)c(-c2nnco2)c1. The van der Waals surface area contributed by atoms with Gasteiger partial charge < -0.3 is 4.42 Å². The summed E-state index contributed by atoms with van der Waals surface area (Å²) in [5.41, 5.74) is -0.0733. The maximum atomic E-state index is 12.5. The first kappa shape index (κ1) is 11.9. The van der Waals surface area contributed by atoms with Crippen LogP contribution in [-0.4, -0.2) is 10.2 Å². The summed E-state index contributed by atoms with van der Waals surface area (Å²) in [6, 6.07) is 3.22. The molecule has 0 amide bonds. The van der Waals surface area contributed by atoms with Gasteiger partial charge in [0.1, 0.15) is 0 Å². The van der Waals surface area contributed by atoms with Crippen LogP contribution in [0.3, 0.4) is 0 Å². The summed E-state index contributed by atoms with van der Waals surface area (Å²) in [4.78, 5) is 0. The third-order valence-corrected chi connectivity index (χ3v) is 2.46. The molecule has 0 saturated carbocycles. The van der Waals surface area contributed by atoms with Crippen molar-refractivity contribution in [1.29, 1.82) is 0 Å². The Kier molecular flexibility index (Phi) is 3.06. The van der Waals surface area contributed by atoms with Gasteiger partial charge in [-0.1, -0.05) is 6.07 Å². The third kappa shape index (κ3) is 2.41. The molecule has 2 rings (SSSR count). The zero-order valence-corrected chi connectivity index (χ0v) is 9.09. The molecule has 7 heteroatoms. The van der Waals surface area contributed by atoms with Crippen molar-refractivity contribution in [2.75, 3.05) is 0 Å². The second-order valence-electron chi connectivity index (χ2n) is 3.25. The second kappa shape index (κ2) is 4.37. The van der Waals surface area contributed by atoms with E-state index < -0.39 is 11.7 Å². The molecule has 0 spiro atoms.